The number of para-hydroxylation sites is 1. The monoisotopic (exact) mass is 288 g/mol. The molecule has 0 fully saturated rings. The number of hydrogen-bond donors (Lipinski definition) is 3. The van der Waals surface area contributed by atoms with Gasteiger partial charge in [-0.3, -0.25) is 15.0 Å². The number of hydrogen-bond acceptors (Lipinski definition) is 3. The molecular formula is C15H20N4O2. The molecule has 5 N–H and O–H groups in total. The number of fused-ring (bicyclic) bond motifs is 1. The van der Waals surface area contributed by atoms with Gasteiger partial charge in [-0.1, -0.05) is 24.6 Å². The first-order chi connectivity index (χ1) is 10.1. The molecule has 21 heavy (non-hydrogen) atoms. The predicted molar refractivity (Wildman–Crippen MR) is 81.3 cm³/mol. The van der Waals surface area contributed by atoms with Crippen molar-refractivity contribution in [3.63, 3.8) is 0 Å². The van der Waals surface area contributed by atoms with Crippen LogP contribution < -0.4 is 17.0 Å². The zero-order valence-electron chi connectivity index (χ0n) is 11.8. The fourth-order valence-electron chi connectivity index (χ4n) is 2.44. The van der Waals surface area contributed by atoms with Crippen molar-refractivity contribution >= 4 is 22.7 Å². The van der Waals surface area contributed by atoms with E-state index in [2.05, 4.69) is 5.43 Å². The van der Waals surface area contributed by atoms with Crippen LogP contribution in [-0.4, -0.2) is 16.4 Å². The third-order valence-corrected chi connectivity index (χ3v) is 3.52. The number of carbonyl (C=O) groups excluding carboxylic acids is 2. The molecule has 0 radical (unpaired) electrons. The molecule has 0 aliphatic rings. The van der Waals surface area contributed by atoms with Crippen LogP contribution >= 0.6 is 0 Å². The van der Waals surface area contributed by atoms with Crippen molar-refractivity contribution in [2.24, 2.45) is 11.6 Å². The third-order valence-electron chi connectivity index (χ3n) is 3.52. The van der Waals surface area contributed by atoms with Gasteiger partial charge >= 0.3 is 0 Å². The van der Waals surface area contributed by atoms with E-state index in [0.717, 1.165) is 36.7 Å². The number of amides is 2. The normalized spacial score (nSPS) is 10.7. The molecule has 0 bridgehead atoms. The Kier molecular flexibility index (Phi) is 4.94. The van der Waals surface area contributed by atoms with E-state index in [9.17, 15) is 9.59 Å². The molecule has 1 heterocycles. The lowest BCUT2D eigenvalue weighted by Crippen LogP contribution is -2.29. The van der Waals surface area contributed by atoms with Gasteiger partial charge < -0.3 is 10.3 Å². The van der Waals surface area contributed by atoms with Gasteiger partial charge in [-0.25, -0.2) is 5.84 Å². The van der Waals surface area contributed by atoms with Gasteiger partial charge in [0, 0.05) is 30.1 Å². The number of nitrogens with one attached hydrogen (secondary N) is 1. The average Bonchev–Trinajstić information content (AvgIpc) is 2.86. The molecule has 0 saturated heterocycles. The first-order valence-corrected chi connectivity index (χ1v) is 7.00. The van der Waals surface area contributed by atoms with Crippen molar-refractivity contribution in [2.75, 3.05) is 0 Å². The maximum atomic E-state index is 11.5. The first kappa shape index (κ1) is 15.1. The number of hydrazine groups is 1. The molecule has 2 amide bonds. The van der Waals surface area contributed by atoms with Crippen molar-refractivity contribution in [3.8, 4) is 0 Å². The van der Waals surface area contributed by atoms with Crippen molar-refractivity contribution < 1.29 is 9.59 Å². The summed E-state index contributed by atoms with van der Waals surface area (Å²) in [4.78, 5) is 22.5. The molecule has 2 rings (SSSR count). The summed E-state index contributed by atoms with van der Waals surface area (Å²) in [5.74, 6) is 4.47. The number of aryl methyl sites for hydroxylation is 1. The van der Waals surface area contributed by atoms with E-state index in [1.54, 1.807) is 6.20 Å². The molecule has 0 aliphatic carbocycles. The fourth-order valence-corrected chi connectivity index (χ4v) is 2.44. The highest BCUT2D eigenvalue weighted by Gasteiger charge is 2.11. The highest BCUT2D eigenvalue weighted by molar-refractivity contribution is 6.06. The fraction of sp³-hybridized carbons (Fsp3) is 0.333. The van der Waals surface area contributed by atoms with Gasteiger partial charge in [-0.05, 0) is 18.9 Å². The molecule has 0 spiro atoms. The van der Waals surface area contributed by atoms with Gasteiger partial charge in [0.25, 0.3) is 5.91 Å². The number of rotatable bonds is 7. The van der Waals surface area contributed by atoms with E-state index in [0.29, 0.717) is 12.0 Å². The minimum atomic E-state index is -0.412. The molecule has 6 nitrogen and oxygen atoms in total. The van der Waals surface area contributed by atoms with Crippen LogP contribution in [0.1, 0.15) is 36.0 Å². The zero-order chi connectivity index (χ0) is 15.2. The number of aromatic nitrogens is 1. The van der Waals surface area contributed by atoms with E-state index in [4.69, 9.17) is 11.6 Å². The predicted octanol–water partition coefficient (Wildman–Crippen LogP) is 1.29. The second-order valence-electron chi connectivity index (χ2n) is 5.00. The van der Waals surface area contributed by atoms with E-state index in [1.165, 1.54) is 0 Å². The van der Waals surface area contributed by atoms with Gasteiger partial charge in [-0.2, -0.15) is 0 Å². The van der Waals surface area contributed by atoms with E-state index in [1.807, 2.05) is 28.8 Å². The summed E-state index contributed by atoms with van der Waals surface area (Å²) in [6.07, 6.45) is 4.89. The number of unbranched alkanes of at least 4 members (excludes halogenated alkanes) is 2. The Bertz CT molecular complexity index is 648. The first-order valence-electron chi connectivity index (χ1n) is 7.00. The standard InChI is InChI=1S/C15H20N4O2/c16-15(21)12-10-19(13-7-4-3-6-11(12)13)9-5-1-2-8-14(20)18-17/h3-4,6-7,10H,1-2,5,8-9,17H2,(H2,16,21)(H,18,20). The molecule has 112 valence electrons. The van der Waals surface area contributed by atoms with Crippen LogP contribution in [0.3, 0.4) is 0 Å². The zero-order valence-corrected chi connectivity index (χ0v) is 11.8. The Morgan fingerprint density at radius 1 is 1.14 bits per heavy atom. The highest BCUT2D eigenvalue weighted by atomic mass is 16.2. The second-order valence-corrected chi connectivity index (χ2v) is 5.00. The summed E-state index contributed by atoms with van der Waals surface area (Å²) in [5, 5.41) is 0.882. The number of nitrogens with two attached hydrogens (primary N) is 2. The molecular weight excluding hydrogens is 268 g/mol. The number of carbonyl (C=O) groups is 2. The lowest BCUT2D eigenvalue weighted by atomic mass is 10.1. The van der Waals surface area contributed by atoms with Crippen molar-refractivity contribution in [3.05, 3.63) is 36.0 Å². The van der Waals surface area contributed by atoms with E-state index >= 15 is 0 Å². The second kappa shape index (κ2) is 6.90. The summed E-state index contributed by atoms with van der Waals surface area (Å²) in [6.45, 7) is 0.790. The Hall–Kier alpha value is -2.34. The summed E-state index contributed by atoms with van der Waals surface area (Å²) < 4.78 is 2.04. The molecule has 0 aliphatic heterocycles. The van der Waals surface area contributed by atoms with Gasteiger partial charge in [0.2, 0.25) is 5.91 Å². The summed E-state index contributed by atoms with van der Waals surface area (Å²) >= 11 is 0. The van der Waals surface area contributed by atoms with E-state index in [-0.39, 0.29) is 5.91 Å². The smallest absolute Gasteiger partial charge is 0.250 e. The molecule has 1 aromatic heterocycles. The average molecular weight is 288 g/mol. The van der Waals surface area contributed by atoms with Crippen molar-refractivity contribution in [1.82, 2.24) is 9.99 Å². The largest absolute Gasteiger partial charge is 0.366 e. The van der Waals surface area contributed by atoms with Crippen LogP contribution in [0, 0.1) is 0 Å². The molecule has 0 atom stereocenters. The number of nitrogens with zero attached hydrogens (tertiary/aromatic N) is 1. The van der Waals surface area contributed by atoms with Crippen LogP contribution in [0.2, 0.25) is 0 Å². The maximum Gasteiger partial charge on any atom is 0.250 e. The summed E-state index contributed by atoms with van der Waals surface area (Å²) in [7, 11) is 0. The van der Waals surface area contributed by atoms with Crippen molar-refractivity contribution in [2.45, 2.75) is 32.2 Å². The van der Waals surface area contributed by atoms with Crippen LogP contribution in [0.25, 0.3) is 10.9 Å². The Labute approximate surface area is 123 Å². The lowest BCUT2D eigenvalue weighted by molar-refractivity contribution is -0.121. The van der Waals surface area contributed by atoms with Gasteiger partial charge in [-0.15, -0.1) is 0 Å². The highest BCUT2D eigenvalue weighted by Crippen LogP contribution is 2.21. The van der Waals surface area contributed by atoms with Gasteiger partial charge in [0.1, 0.15) is 0 Å². The lowest BCUT2D eigenvalue weighted by Gasteiger charge is -2.05. The van der Waals surface area contributed by atoms with Gasteiger partial charge in [0.05, 0.1) is 5.56 Å². The van der Waals surface area contributed by atoms with Crippen molar-refractivity contribution in [1.29, 1.82) is 0 Å². The number of primary amides is 1. The maximum absolute atomic E-state index is 11.5. The summed E-state index contributed by atoms with van der Waals surface area (Å²) in [6, 6.07) is 7.71. The molecule has 0 saturated carbocycles. The molecule has 1 aromatic carbocycles. The van der Waals surface area contributed by atoms with Crippen LogP contribution in [0.15, 0.2) is 30.5 Å². The summed E-state index contributed by atoms with van der Waals surface area (Å²) in [5.41, 5.74) is 9.08. The Morgan fingerprint density at radius 2 is 1.90 bits per heavy atom. The Morgan fingerprint density at radius 3 is 2.62 bits per heavy atom. The van der Waals surface area contributed by atoms with Crippen LogP contribution in [-0.2, 0) is 11.3 Å². The quantitative estimate of drug-likeness (QED) is 0.309. The third kappa shape index (κ3) is 3.61. The Balaban J connectivity index is 1.99. The SMILES string of the molecule is NNC(=O)CCCCCn1cc(C(N)=O)c2ccccc21. The molecule has 0 unspecified atom stereocenters. The van der Waals surface area contributed by atoms with Crippen LogP contribution in [0.5, 0.6) is 0 Å². The van der Waals surface area contributed by atoms with Gasteiger partial charge in [0.15, 0.2) is 0 Å². The van der Waals surface area contributed by atoms with E-state index < -0.39 is 5.91 Å². The molecule has 6 heteroatoms. The minimum Gasteiger partial charge on any atom is -0.366 e. The molecule has 2 aromatic rings. The number of benzene rings is 1. The van der Waals surface area contributed by atoms with Crippen LogP contribution in [0.4, 0.5) is 0 Å². The topological polar surface area (TPSA) is 103 Å². The minimum absolute atomic E-state index is 0.141.